The smallest absolute Gasteiger partial charge is 0.321 e. The Hall–Kier alpha value is -2.93. The van der Waals surface area contributed by atoms with E-state index in [-0.39, 0.29) is 12.0 Å². The molecule has 1 aliphatic rings. The second-order valence-electron chi connectivity index (χ2n) is 6.16. The maximum atomic E-state index is 11.9. The van der Waals surface area contributed by atoms with Gasteiger partial charge in [-0.2, -0.15) is 0 Å². The van der Waals surface area contributed by atoms with Crippen molar-refractivity contribution >= 4 is 29.0 Å². The molecule has 2 aromatic carbocycles. The highest BCUT2D eigenvalue weighted by Crippen LogP contribution is 2.18. The van der Waals surface area contributed by atoms with Gasteiger partial charge >= 0.3 is 6.03 Å². The third-order valence-electron chi connectivity index (χ3n) is 4.23. The van der Waals surface area contributed by atoms with E-state index in [0.717, 1.165) is 42.5 Å². The number of carbonyl (C=O) groups is 1. The predicted octanol–water partition coefficient (Wildman–Crippen LogP) is 1.69. The summed E-state index contributed by atoms with van der Waals surface area (Å²) in [4.78, 5) is 22.5. The highest BCUT2D eigenvalue weighted by Gasteiger charge is 2.07. The maximum absolute atomic E-state index is 11.9. The molecule has 136 valence electrons. The van der Waals surface area contributed by atoms with E-state index in [1.807, 2.05) is 30.5 Å². The molecule has 2 aromatic rings. The van der Waals surface area contributed by atoms with Crippen molar-refractivity contribution in [2.75, 3.05) is 26.3 Å². The number of hydrogen-bond donors (Lipinski definition) is 3. The van der Waals surface area contributed by atoms with Crippen molar-refractivity contribution in [2.24, 2.45) is 15.7 Å². The van der Waals surface area contributed by atoms with Crippen molar-refractivity contribution in [3.63, 3.8) is 0 Å². The fourth-order valence-corrected chi connectivity index (χ4v) is 2.87. The monoisotopic (exact) mass is 352 g/mol. The molecule has 2 amide bonds. The van der Waals surface area contributed by atoms with Crippen LogP contribution in [0.5, 0.6) is 0 Å². The molecule has 0 unspecified atom stereocenters. The Kier molecular flexibility index (Phi) is 6.16. The van der Waals surface area contributed by atoms with Crippen LogP contribution >= 0.6 is 0 Å². The summed E-state index contributed by atoms with van der Waals surface area (Å²) in [5.74, 6) is 0.114. The van der Waals surface area contributed by atoms with Crippen LogP contribution in [0.4, 0.5) is 4.79 Å². The van der Waals surface area contributed by atoms with Gasteiger partial charge < -0.3 is 11.1 Å². The largest absolute Gasteiger partial charge is 0.370 e. The van der Waals surface area contributed by atoms with E-state index in [9.17, 15) is 4.79 Å². The molecule has 26 heavy (non-hydrogen) atoms. The summed E-state index contributed by atoms with van der Waals surface area (Å²) in [6.45, 7) is 3.55. The van der Waals surface area contributed by atoms with Gasteiger partial charge in [0.05, 0.1) is 13.2 Å². The van der Waals surface area contributed by atoms with Gasteiger partial charge in [-0.05, 0) is 22.8 Å². The van der Waals surface area contributed by atoms with E-state index >= 15 is 0 Å². The number of benzene rings is 2. The number of amides is 2. The molecule has 7 heteroatoms. The average Bonchev–Trinajstić information content (AvgIpc) is 3.17. The predicted molar refractivity (Wildman–Crippen MR) is 105 cm³/mol. The Morgan fingerprint density at radius 3 is 2.92 bits per heavy atom. The van der Waals surface area contributed by atoms with Crippen LogP contribution in [-0.4, -0.2) is 49.4 Å². The lowest BCUT2D eigenvalue weighted by molar-refractivity contribution is 0.244. The SMILES string of the molecule is NC(=NCc1cccc2ccccc12)NC(=O)NCCCN1CC=NC1. The fraction of sp³-hybridized carbons (Fsp3) is 0.316. The van der Waals surface area contributed by atoms with E-state index in [2.05, 4.69) is 43.7 Å². The number of nitrogens with one attached hydrogen (secondary N) is 2. The molecule has 4 N–H and O–H groups in total. The fourth-order valence-electron chi connectivity index (χ4n) is 2.87. The van der Waals surface area contributed by atoms with Gasteiger partial charge in [0.1, 0.15) is 0 Å². The summed E-state index contributed by atoms with van der Waals surface area (Å²) < 4.78 is 0. The van der Waals surface area contributed by atoms with Gasteiger partial charge in [-0.25, -0.2) is 9.79 Å². The van der Waals surface area contributed by atoms with Gasteiger partial charge in [-0.1, -0.05) is 42.5 Å². The molecule has 0 radical (unpaired) electrons. The highest BCUT2D eigenvalue weighted by molar-refractivity contribution is 5.95. The van der Waals surface area contributed by atoms with Crippen LogP contribution in [-0.2, 0) is 6.54 Å². The van der Waals surface area contributed by atoms with Crippen molar-refractivity contribution in [1.29, 1.82) is 0 Å². The second kappa shape index (κ2) is 8.96. The lowest BCUT2D eigenvalue weighted by Crippen LogP contribution is -2.44. The molecule has 3 rings (SSSR count). The summed E-state index contributed by atoms with van der Waals surface area (Å²) in [5.41, 5.74) is 6.89. The molecular weight excluding hydrogens is 328 g/mol. The minimum absolute atomic E-state index is 0.114. The van der Waals surface area contributed by atoms with Crippen molar-refractivity contribution in [1.82, 2.24) is 15.5 Å². The first kappa shape index (κ1) is 17.9. The number of aliphatic imine (C=N–C) groups is 2. The number of urea groups is 1. The van der Waals surface area contributed by atoms with Gasteiger partial charge in [-0.3, -0.25) is 15.2 Å². The number of hydrogen-bond acceptors (Lipinski definition) is 4. The van der Waals surface area contributed by atoms with E-state index in [4.69, 9.17) is 5.73 Å². The average molecular weight is 352 g/mol. The number of nitrogens with zero attached hydrogens (tertiary/aromatic N) is 3. The zero-order valence-corrected chi connectivity index (χ0v) is 14.7. The minimum atomic E-state index is -0.332. The van der Waals surface area contributed by atoms with E-state index < -0.39 is 0 Å². The molecule has 0 bridgehead atoms. The van der Waals surface area contributed by atoms with Crippen LogP contribution in [0, 0.1) is 0 Å². The van der Waals surface area contributed by atoms with Gasteiger partial charge in [0.15, 0.2) is 5.96 Å². The van der Waals surface area contributed by atoms with Crippen molar-refractivity contribution in [3.05, 3.63) is 48.0 Å². The molecule has 0 atom stereocenters. The Bertz CT molecular complexity index is 803. The summed E-state index contributed by atoms with van der Waals surface area (Å²) in [7, 11) is 0. The van der Waals surface area contributed by atoms with Crippen molar-refractivity contribution in [2.45, 2.75) is 13.0 Å². The molecule has 1 aliphatic heterocycles. The zero-order valence-electron chi connectivity index (χ0n) is 14.7. The first-order valence-electron chi connectivity index (χ1n) is 8.74. The topological polar surface area (TPSA) is 95.1 Å². The van der Waals surface area contributed by atoms with E-state index in [0.29, 0.717) is 13.1 Å². The lowest BCUT2D eigenvalue weighted by Gasteiger charge is -2.13. The molecule has 0 aromatic heterocycles. The van der Waals surface area contributed by atoms with Crippen LogP contribution in [0.15, 0.2) is 52.4 Å². The third kappa shape index (κ3) is 5.03. The van der Waals surface area contributed by atoms with Crippen LogP contribution < -0.4 is 16.4 Å². The summed E-state index contributed by atoms with van der Waals surface area (Å²) >= 11 is 0. The Morgan fingerprint density at radius 1 is 1.23 bits per heavy atom. The normalized spacial score (nSPS) is 14.7. The molecular formula is C19H24N6O. The first-order chi connectivity index (χ1) is 12.7. The maximum Gasteiger partial charge on any atom is 0.321 e. The zero-order chi connectivity index (χ0) is 18.2. The van der Waals surface area contributed by atoms with E-state index in [1.165, 1.54) is 0 Å². The summed E-state index contributed by atoms with van der Waals surface area (Å²) in [5, 5.41) is 7.65. The minimum Gasteiger partial charge on any atom is -0.370 e. The molecule has 0 saturated carbocycles. The van der Waals surface area contributed by atoms with Crippen molar-refractivity contribution < 1.29 is 4.79 Å². The number of nitrogens with two attached hydrogens (primary N) is 1. The van der Waals surface area contributed by atoms with Gasteiger partial charge in [0.2, 0.25) is 0 Å². The van der Waals surface area contributed by atoms with Gasteiger partial charge in [0.25, 0.3) is 0 Å². The standard InChI is InChI=1S/C19H24N6O/c20-18(24-19(26)22-9-4-11-25-12-10-21-14-25)23-13-16-7-3-6-15-5-1-2-8-17(15)16/h1-3,5-8,10H,4,9,11-14H2,(H4,20,22,23,24,26). The Balaban J connectivity index is 1.43. The molecule has 1 heterocycles. The number of rotatable bonds is 6. The molecule has 0 aliphatic carbocycles. The third-order valence-corrected chi connectivity index (χ3v) is 4.23. The molecule has 0 spiro atoms. The highest BCUT2D eigenvalue weighted by atomic mass is 16.2. The molecule has 7 nitrogen and oxygen atoms in total. The molecule has 0 saturated heterocycles. The summed E-state index contributed by atoms with van der Waals surface area (Å²) in [6.07, 6.45) is 2.77. The summed E-state index contributed by atoms with van der Waals surface area (Å²) in [6, 6.07) is 13.9. The van der Waals surface area contributed by atoms with Crippen LogP contribution in [0.25, 0.3) is 10.8 Å². The number of fused-ring (bicyclic) bond motifs is 1. The first-order valence-corrected chi connectivity index (χ1v) is 8.74. The van der Waals surface area contributed by atoms with Gasteiger partial charge in [-0.15, -0.1) is 0 Å². The number of carbonyl (C=O) groups excluding carboxylic acids is 1. The van der Waals surface area contributed by atoms with Crippen LogP contribution in [0.3, 0.4) is 0 Å². The number of guanidine groups is 1. The van der Waals surface area contributed by atoms with Crippen molar-refractivity contribution in [3.8, 4) is 0 Å². The van der Waals surface area contributed by atoms with Gasteiger partial charge in [0, 0.05) is 25.8 Å². The quantitative estimate of drug-likeness (QED) is 0.419. The second-order valence-corrected chi connectivity index (χ2v) is 6.16. The van der Waals surface area contributed by atoms with Crippen LogP contribution in [0.2, 0.25) is 0 Å². The van der Waals surface area contributed by atoms with Crippen LogP contribution in [0.1, 0.15) is 12.0 Å². The van der Waals surface area contributed by atoms with E-state index in [1.54, 1.807) is 0 Å². The lowest BCUT2D eigenvalue weighted by atomic mass is 10.1. The Labute approximate surface area is 153 Å². The molecule has 0 fully saturated rings. The Morgan fingerprint density at radius 2 is 2.08 bits per heavy atom.